The van der Waals surface area contributed by atoms with Gasteiger partial charge in [0.2, 0.25) is 0 Å². The maximum absolute atomic E-state index is 10.9. The van der Waals surface area contributed by atoms with Crippen LogP contribution in [0.2, 0.25) is 0 Å². The van der Waals surface area contributed by atoms with Gasteiger partial charge in [-0.3, -0.25) is 4.79 Å². The number of carboxylic acid groups (broad SMARTS) is 1. The van der Waals surface area contributed by atoms with Gasteiger partial charge in [0, 0.05) is 10.9 Å². The van der Waals surface area contributed by atoms with Gasteiger partial charge in [-0.2, -0.15) is 0 Å². The Hall–Kier alpha value is -1.77. The van der Waals surface area contributed by atoms with Gasteiger partial charge in [-0.1, -0.05) is 12.1 Å². The van der Waals surface area contributed by atoms with Gasteiger partial charge < -0.3 is 9.52 Å². The Labute approximate surface area is 87.3 Å². The number of hydrogen-bond acceptors (Lipinski definition) is 2. The molecule has 0 saturated heterocycles. The van der Waals surface area contributed by atoms with Crippen molar-refractivity contribution < 1.29 is 14.3 Å². The molecule has 1 N–H and O–H groups in total. The standard InChI is InChI=1S/C12H12O3/c1-7-4-3-5-10-11(7)9(6-15-10)8(2)12(13)14/h3-6,8H,1-2H3,(H,13,14). The second-order valence-corrected chi connectivity index (χ2v) is 3.70. The number of carbonyl (C=O) groups is 1. The first-order valence-electron chi connectivity index (χ1n) is 4.80. The number of hydrogen-bond donors (Lipinski definition) is 1. The van der Waals surface area contributed by atoms with Crippen LogP contribution in [0.25, 0.3) is 11.0 Å². The van der Waals surface area contributed by atoms with Gasteiger partial charge in [-0.05, 0) is 25.5 Å². The molecule has 1 heterocycles. The molecule has 78 valence electrons. The largest absolute Gasteiger partial charge is 0.481 e. The van der Waals surface area contributed by atoms with Crippen molar-refractivity contribution in [1.82, 2.24) is 0 Å². The molecule has 2 aromatic rings. The van der Waals surface area contributed by atoms with E-state index >= 15 is 0 Å². The van der Waals surface area contributed by atoms with Gasteiger partial charge in [0.05, 0.1) is 12.2 Å². The second-order valence-electron chi connectivity index (χ2n) is 3.70. The lowest BCUT2D eigenvalue weighted by Gasteiger charge is -2.04. The SMILES string of the molecule is Cc1cccc2occ(C(C)C(=O)O)c12. The number of furan rings is 1. The molecule has 0 amide bonds. The van der Waals surface area contributed by atoms with Crippen LogP contribution >= 0.6 is 0 Å². The lowest BCUT2D eigenvalue weighted by Crippen LogP contribution is -2.06. The highest BCUT2D eigenvalue weighted by atomic mass is 16.4. The van der Waals surface area contributed by atoms with E-state index < -0.39 is 11.9 Å². The van der Waals surface area contributed by atoms with Gasteiger partial charge >= 0.3 is 5.97 Å². The highest BCUT2D eigenvalue weighted by molar-refractivity contribution is 5.89. The smallest absolute Gasteiger partial charge is 0.310 e. The van der Waals surface area contributed by atoms with Gasteiger partial charge in [-0.25, -0.2) is 0 Å². The van der Waals surface area contributed by atoms with Crippen molar-refractivity contribution in [2.75, 3.05) is 0 Å². The molecule has 0 fully saturated rings. The Kier molecular flexibility index (Phi) is 2.23. The molecule has 1 aromatic carbocycles. The number of carboxylic acids is 1. The first-order chi connectivity index (χ1) is 7.11. The zero-order valence-corrected chi connectivity index (χ0v) is 8.65. The summed E-state index contributed by atoms with van der Waals surface area (Å²) >= 11 is 0. The van der Waals surface area contributed by atoms with Crippen LogP contribution in [0.15, 0.2) is 28.9 Å². The fraction of sp³-hybridized carbons (Fsp3) is 0.250. The van der Waals surface area contributed by atoms with E-state index in [0.29, 0.717) is 0 Å². The first kappa shape index (κ1) is 9.77. The molecule has 0 aliphatic rings. The molecule has 0 radical (unpaired) electrons. The van der Waals surface area contributed by atoms with Crippen molar-refractivity contribution >= 4 is 16.9 Å². The maximum atomic E-state index is 10.9. The predicted molar refractivity (Wildman–Crippen MR) is 57.0 cm³/mol. The van der Waals surface area contributed by atoms with Crippen molar-refractivity contribution in [3.05, 3.63) is 35.6 Å². The summed E-state index contributed by atoms with van der Waals surface area (Å²) < 4.78 is 5.34. The molecular weight excluding hydrogens is 192 g/mol. The molecule has 0 bridgehead atoms. The Bertz CT molecular complexity index is 511. The van der Waals surface area contributed by atoms with Crippen molar-refractivity contribution in [1.29, 1.82) is 0 Å². The van der Waals surface area contributed by atoms with Crippen LogP contribution < -0.4 is 0 Å². The number of rotatable bonds is 2. The summed E-state index contributed by atoms with van der Waals surface area (Å²) in [7, 11) is 0. The molecule has 3 heteroatoms. The van der Waals surface area contributed by atoms with Crippen LogP contribution in [-0.4, -0.2) is 11.1 Å². The van der Waals surface area contributed by atoms with Gasteiger partial charge in [0.1, 0.15) is 5.58 Å². The fourth-order valence-corrected chi connectivity index (χ4v) is 1.75. The highest BCUT2D eigenvalue weighted by Gasteiger charge is 2.19. The Morgan fingerprint density at radius 3 is 2.87 bits per heavy atom. The normalized spacial score (nSPS) is 12.9. The van der Waals surface area contributed by atoms with Crippen molar-refractivity contribution in [3.8, 4) is 0 Å². The number of fused-ring (bicyclic) bond motifs is 1. The average Bonchev–Trinajstić information content (AvgIpc) is 2.61. The van der Waals surface area contributed by atoms with Crippen molar-refractivity contribution in [3.63, 3.8) is 0 Å². The predicted octanol–water partition coefficient (Wildman–Crippen LogP) is 2.93. The third-order valence-corrected chi connectivity index (χ3v) is 2.67. The zero-order valence-electron chi connectivity index (χ0n) is 8.65. The summed E-state index contributed by atoms with van der Waals surface area (Å²) in [5.41, 5.74) is 2.54. The average molecular weight is 204 g/mol. The minimum atomic E-state index is -0.832. The number of aliphatic carboxylic acids is 1. The van der Waals surface area contributed by atoms with E-state index in [9.17, 15) is 4.79 Å². The molecule has 2 rings (SSSR count). The lowest BCUT2D eigenvalue weighted by atomic mass is 9.98. The van der Waals surface area contributed by atoms with Crippen LogP contribution in [0, 0.1) is 6.92 Å². The lowest BCUT2D eigenvalue weighted by molar-refractivity contribution is -0.138. The van der Waals surface area contributed by atoms with E-state index in [0.717, 1.165) is 22.1 Å². The van der Waals surface area contributed by atoms with Crippen LogP contribution in [-0.2, 0) is 4.79 Å². The Balaban J connectivity index is 2.67. The minimum Gasteiger partial charge on any atom is -0.481 e. The van der Waals surface area contributed by atoms with E-state index in [1.54, 1.807) is 6.92 Å². The van der Waals surface area contributed by atoms with Crippen LogP contribution in [0.3, 0.4) is 0 Å². The highest BCUT2D eigenvalue weighted by Crippen LogP contribution is 2.30. The second kappa shape index (κ2) is 3.42. The maximum Gasteiger partial charge on any atom is 0.310 e. The van der Waals surface area contributed by atoms with E-state index in [1.807, 2.05) is 25.1 Å². The summed E-state index contributed by atoms with van der Waals surface area (Å²) in [6.45, 7) is 3.62. The first-order valence-corrected chi connectivity index (χ1v) is 4.80. The Morgan fingerprint density at radius 2 is 2.20 bits per heavy atom. The summed E-state index contributed by atoms with van der Waals surface area (Å²) in [5.74, 6) is -1.37. The minimum absolute atomic E-state index is 0.535. The van der Waals surface area contributed by atoms with Gasteiger partial charge in [-0.15, -0.1) is 0 Å². The quantitative estimate of drug-likeness (QED) is 0.818. The molecule has 1 atom stereocenters. The summed E-state index contributed by atoms with van der Waals surface area (Å²) in [4.78, 5) is 10.9. The van der Waals surface area contributed by atoms with Crippen LogP contribution in [0.5, 0.6) is 0 Å². The molecule has 15 heavy (non-hydrogen) atoms. The Morgan fingerprint density at radius 1 is 1.47 bits per heavy atom. The molecule has 0 spiro atoms. The van der Waals surface area contributed by atoms with E-state index in [4.69, 9.17) is 9.52 Å². The third-order valence-electron chi connectivity index (χ3n) is 2.67. The molecular formula is C12H12O3. The molecule has 1 aromatic heterocycles. The molecule has 0 aliphatic carbocycles. The van der Waals surface area contributed by atoms with E-state index in [-0.39, 0.29) is 0 Å². The number of benzene rings is 1. The number of aryl methyl sites for hydroxylation is 1. The van der Waals surface area contributed by atoms with Crippen molar-refractivity contribution in [2.45, 2.75) is 19.8 Å². The van der Waals surface area contributed by atoms with Gasteiger partial charge in [0.15, 0.2) is 0 Å². The van der Waals surface area contributed by atoms with Crippen LogP contribution in [0.1, 0.15) is 24.0 Å². The third kappa shape index (κ3) is 1.50. The topological polar surface area (TPSA) is 50.4 Å². The molecule has 0 aliphatic heterocycles. The molecule has 1 unspecified atom stereocenters. The zero-order chi connectivity index (χ0) is 11.0. The van der Waals surface area contributed by atoms with E-state index in [1.165, 1.54) is 6.26 Å². The monoisotopic (exact) mass is 204 g/mol. The van der Waals surface area contributed by atoms with Crippen molar-refractivity contribution in [2.24, 2.45) is 0 Å². The fourth-order valence-electron chi connectivity index (χ4n) is 1.75. The van der Waals surface area contributed by atoms with Crippen LogP contribution in [0.4, 0.5) is 0 Å². The molecule has 0 saturated carbocycles. The molecule has 3 nitrogen and oxygen atoms in total. The van der Waals surface area contributed by atoms with Gasteiger partial charge in [0.25, 0.3) is 0 Å². The summed E-state index contributed by atoms with van der Waals surface area (Å²) in [5, 5.41) is 9.89. The summed E-state index contributed by atoms with van der Waals surface area (Å²) in [6, 6.07) is 5.70. The summed E-state index contributed by atoms with van der Waals surface area (Å²) in [6.07, 6.45) is 1.54. The van der Waals surface area contributed by atoms with E-state index in [2.05, 4.69) is 0 Å².